The first-order valence-corrected chi connectivity index (χ1v) is 7.84. The van der Waals surface area contributed by atoms with E-state index in [0.29, 0.717) is 11.5 Å². The zero-order chi connectivity index (χ0) is 17.5. The molecule has 0 heterocycles. The predicted molar refractivity (Wildman–Crippen MR) is 96.8 cm³/mol. The molecule has 0 aromatic heterocycles. The molecule has 2 rings (SSSR count). The molecule has 2 aromatic rings. The van der Waals surface area contributed by atoms with Gasteiger partial charge < -0.3 is 9.47 Å². The normalized spacial score (nSPS) is 10.1. The molecule has 2 aromatic carbocycles. The summed E-state index contributed by atoms with van der Waals surface area (Å²) in [6, 6.07) is 11.3. The topological polar surface area (TPSA) is 35.5 Å². The summed E-state index contributed by atoms with van der Waals surface area (Å²) >= 11 is 0. The first kappa shape index (κ1) is 17.5. The number of aryl methyl sites for hydroxylation is 2. The molecular formula is C21H22O3. The third-order valence-corrected chi connectivity index (χ3v) is 3.63. The minimum atomic E-state index is -0.742. The molecule has 0 aliphatic rings. The SMILES string of the molecule is C=CCc1ccc(OC(=O)Oc2ccc(CC=C)cc2C)c(C)c1. The lowest BCUT2D eigenvalue weighted by atomic mass is 10.1. The van der Waals surface area contributed by atoms with Gasteiger partial charge in [0.15, 0.2) is 0 Å². The van der Waals surface area contributed by atoms with Crippen molar-refractivity contribution in [2.75, 3.05) is 0 Å². The van der Waals surface area contributed by atoms with Crippen LogP contribution in [0.2, 0.25) is 0 Å². The number of hydrogen-bond acceptors (Lipinski definition) is 3. The molecule has 3 heteroatoms. The molecule has 0 saturated carbocycles. The molecule has 3 nitrogen and oxygen atoms in total. The van der Waals surface area contributed by atoms with Crippen molar-refractivity contribution >= 4 is 6.16 Å². The van der Waals surface area contributed by atoms with Crippen LogP contribution in [-0.4, -0.2) is 6.16 Å². The van der Waals surface area contributed by atoms with Crippen LogP contribution in [0.1, 0.15) is 22.3 Å². The highest BCUT2D eigenvalue weighted by Gasteiger charge is 2.12. The number of carbonyl (C=O) groups is 1. The average Bonchev–Trinajstić information content (AvgIpc) is 2.53. The minimum Gasteiger partial charge on any atom is -0.394 e. The number of benzene rings is 2. The maximum Gasteiger partial charge on any atom is 0.519 e. The first-order chi connectivity index (χ1) is 11.5. The molecule has 0 fully saturated rings. The molecule has 0 saturated heterocycles. The number of rotatable bonds is 6. The molecule has 0 unspecified atom stereocenters. The van der Waals surface area contributed by atoms with Gasteiger partial charge in [-0.3, -0.25) is 0 Å². The van der Waals surface area contributed by atoms with Crippen LogP contribution in [0, 0.1) is 13.8 Å². The van der Waals surface area contributed by atoms with E-state index in [1.54, 1.807) is 12.1 Å². The van der Waals surface area contributed by atoms with Crippen LogP contribution >= 0.6 is 0 Å². The number of ether oxygens (including phenoxy) is 2. The summed E-state index contributed by atoms with van der Waals surface area (Å²) in [5.74, 6) is 0.988. The van der Waals surface area contributed by atoms with Gasteiger partial charge in [0.1, 0.15) is 11.5 Å². The van der Waals surface area contributed by atoms with Gasteiger partial charge in [-0.2, -0.15) is 0 Å². The van der Waals surface area contributed by atoms with Crippen molar-refractivity contribution in [2.45, 2.75) is 26.7 Å². The largest absolute Gasteiger partial charge is 0.519 e. The Morgan fingerprint density at radius 2 is 1.29 bits per heavy atom. The first-order valence-electron chi connectivity index (χ1n) is 7.84. The van der Waals surface area contributed by atoms with Crippen molar-refractivity contribution in [3.63, 3.8) is 0 Å². The van der Waals surface area contributed by atoms with Crippen molar-refractivity contribution in [3.8, 4) is 11.5 Å². The lowest BCUT2D eigenvalue weighted by Gasteiger charge is -2.11. The minimum absolute atomic E-state index is 0.494. The smallest absolute Gasteiger partial charge is 0.394 e. The van der Waals surface area contributed by atoms with Crippen molar-refractivity contribution in [1.82, 2.24) is 0 Å². The van der Waals surface area contributed by atoms with Gasteiger partial charge in [0.25, 0.3) is 0 Å². The van der Waals surface area contributed by atoms with Crippen LogP contribution in [0.5, 0.6) is 11.5 Å². The van der Waals surface area contributed by atoms with Crippen LogP contribution in [-0.2, 0) is 12.8 Å². The van der Waals surface area contributed by atoms with Gasteiger partial charge in [0.05, 0.1) is 0 Å². The van der Waals surface area contributed by atoms with E-state index in [4.69, 9.17) is 9.47 Å². The maximum absolute atomic E-state index is 12.0. The van der Waals surface area contributed by atoms with E-state index in [1.807, 2.05) is 50.3 Å². The van der Waals surface area contributed by atoms with Crippen molar-refractivity contribution < 1.29 is 14.3 Å². The summed E-state index contributed by atoms with van der Waals surface area (Å²) in [7, 11) is 0. The predicted octanol–water partition coefficient (Wildman–Crippen LogP) is 5.34. The third-order valence-electron chi connectivity index (χ3n) is 3.63. The summed E-state index contributed by atoms with van der Waals surface area (Å²) in [5, 5.41) is 0. The molecule has 0 N–H and O–H groups in total. The van der Waals surface area contributed by atoms with Crippen molar-refractivity contribution in [1.29, 1.82) is 0 Å². The molecule has 0 spiro atoms. The van der Waals surface area contributed by atoms with Crippen molar-refractivity contribution in [3.05, 3.63) is 84.0 Å². The molecular weight excluding hydrogens is 300 g/mol. The second-order valence-electron chi connectivity index (χ2n) is 5.64. The van der Waals surface area contributed by atoms with Gasteiger partial charge in [-0.15, -0.1) is 13.2 Å². The fourth-order valence-corrected chi connectivity index (χ4v) is 2.44. The van der Waals surface area contributed by atoms with E-state index in [9.17, 15) is 4.79 Å². The van der Waals surface area contributed by atoms with Crippen LogP contribution < -0.4 is 9.47 Å². The van der Waals surface area contributed by atoms with Gasteiger partial charge in [0.2, 0.25) is 0 Å². The molecule has 0 aliphatic heterocycles. The average molecular weight is 322 g/mol. The van der Waals surface area contributed by atoms with Crippen LogP contribution in [0.25, 0.3) is 0 Å². The Bertz CT molecular complexity index is 696. The van der Waals surface area contributed by atoms with Gasteiger partial charge in [-0.25, -0.2) is 4.79 Å². The quantitative estimate of drug-likeness (QED) is 0.409. The molecule has 0 aliphatic carbocycles. The second kappa shape index (κ2) is 8.16. The third kappa shape index (κ3) is 4.59. The Balaban J connectivity index is 2.05. The van der Waals surface area contributed by atoms with Gasteiger partial charge >= 0.3 is 6.16 Å². The monoisotopic (exact) mass is 322 g/mol. The van der Waals surface area contributed by atoms with Gasteiger partial charge in [-0.1, -0.05) is 36.4 Å². The maximum atomic E-state index is 12.0. The Morgan fingerprint density at radius 3 is 1.62 bits per heavy atom. The molecule has 0 amide bonds. The number of allylic oxidation sites excluding steroid dienone is 2. The van der Waals surface area contributed by atoms with Crippen molar-refractivity contribution in [2.24, 2.45) is 0 Å². The Labute approximate surface area is 143 Å². The van der Waals surface area contributed by atoms with Crippen LogP contribution in [0.3, 0.4) is 0 Å². The highest BCUT2D eigenvalue weighted by molar-refractivity contribution is 5.68. The Morgan fingerprint density at radius 1 is 0.875 bits per heavy atom. The van der Waals surface area contributed by atoms with Gasteiger partial charge in [-0.05, 0) is 61.1 Å². The summed E-state index contributed by atoms with van der Waals surface area (Å²) < 4.78 is 10.6. The Hall–Kier alpha value is -2.81. The zero-order valence-corrected chi connectivity index (χ0v) is 14.2. The van der Waals surface area contributed by atoms with Crippen LogP contribution in [0.4, 0.5) is 4.79 Å². The van der Waals surface area contributed by atoms with E-state index < -0.39 is 6.16 Å². The zero-order valence-electron chi connectivity index (χ0n) is 14.2. The molecule has 0 atom stereocenters. The molecule has 24 heavy (non-hydrogen) atoms. The lowest BCUT2D eigenvalue weighted by molar-refractivity contribution is 0.151. The summed E-state index contributed by atoms with van der Waals surface area (Å²) in [6.45, 7) is 11.2. The number of carbonyl (C=O) groups excluding carboxylic acids is 1. The molecule has 124 valence electrons. The Kier molecular flexibility index (Phi) is 5.96. The van der Waals surface area contributed by atoms with Crippen LogP contribution in [0.15, 0.2) is 61.7 Å². The molecule has 0 radical (unpaired) electrons. The highest BCUT2D eigenvalue weighted by Crippen LogP contribution is 2.23. The summed E-state index contributed by atoms with van der Waals surface area (Å²) in [5.41, 5.74) is 4.00. The fourth-order valence-electron chi connectivity index (χ4n) is 2.44. The summed E-state index contributed by atoms with van der Waals surface area (Å²) in [6.07, 6.45) is 4.49. The summed E-state index contributed by atoms with van der Waals surface area (Å²) in [4.78, 5) is 12.0. The van der Waals surface area contributed by atoms with E-state index in [2.05, 4.69) is 13.2 Å². The lowest BCUT2D eigenvalue weighted by Crippen LogP contribution is -2.15. The molecule has 0 bridgehead atoms. The van der Waals surface area contributed by atoms with E-state index in [-0.39, 0.29) is 0 Å². The number of hydrogen-bond donors (Lipinski definition) is 0. The van der Waals surface area contributed by atoms with E-state index in [0.717, 1.165) is 35.1 Å². The van der Waals surface area contributed by atoms with E-state index >= 15 is 0 Å². The standard InChI is InChI=1S/C21H22O3/c1-5-7-17-9-11-19(15(3)13-17)23-21(22)24-20-12-10-18(8-6-2)14-16(20)4/h5-6,9-14H,1-2,7-8H2,3-4H3. The second-order valence-corrected chi connectivity index (χ2v) is 5.64. The van der Waals surface area contributed by atoms with E-state index in [1.165, 1.54) is 0 Å². The highest BCUT2D eigenvalue weighted by atomic mass is 16.7. The van der Waals surface area contributed by atoms with Gasteiger partial charge in [0, 0.05) is 0 Å². The fraction of sp³-hybridized carbons (Fsp3) is 0.190.